The third-order valence-electron chi connectivity index (χ3n) is 1.84. The highest BCUT2D eigenvalue weighted by Gasteiger charge is 2.15. The number of halogens is 2. The SMILES string of the molecule is CCOC(=O)CC(=O)c1ccc(Br)cc1Br. The molecule has 0 aromatic heterocycles. The molecule has 3 nitrogen and oxygen atoms in total. The molecule has 1 rings (SSSR count). The molecule has 0 heterocycles. The maximum atomic E-state index is 11.7. The van der Waals surface area contributed by atoms with Crippen LogP contribution in [0.4, 0.5) is 0 Å². The molecule has 0 unspecified atom stereocenters. The zero-order valence-corrected chi connectivity index (χ0v) is 11.8. The Morgan fingerprint density at radius 1 is 1.31 bits per heavy atom. The first kappa shape index (κ1) is 13.4. The van der Waals surface area contributed by atoms with E-state index in [0.29, 0.717) is 10.0 Å². The molecule has 0 atom stereocenters. The predicted molar refractivity (Wildman–Crippen MR) is 67.4 cm³/mol. The number of carbonyl (C=O) groups is 2. The maximum Gasteiger partial charge on any atom is 0.313 e. The molecule has 0 aliphatic carbocycles. The summed E-state index contributed by atoms with van der Waals surface area (Å²) in [5.41, 5.74) is 0.483. The predicted octanol–water partition coefficient (Wildman–Crippen LogP) is 3.35. The van der Waals surface area contributed by atoms with Crippen LogP contribution in [-0.4, -0.2) is 18.4 Å². The first-order valence-electron chi connectivity index (χ1n) is 4.68. The molecule has 0 bridgehead atoms. The van der Waals surface area contributed by atoms with Crippen LogP contribution < -0.4 is 0 Å². The van der Waals surface area contributed by atoms with E-state index < -0.39 is 5.97 Å². The Morgan fingerprint density at radius 3 is 2.56 bits per heavy atom. The molecule has 5 heteroatoms. The van der Waals surface area contributed by atoms with Crippen molar-refractivity contribution in [1.29, 1.82) is 0 Å². The van der Waals surface area contributed by atoms with E-state index in [0.717, 1.165) is 4.47 Å². The van der Waals surface area contributed by atoms with Crippen molar-refractivity contribution >= 4 is 43.6 Å². The van der Waals surface area contributed by atoms with Crippen LogP contribution in [0.5, 0.6) is 0 Å². The molecule has 86 valence electrons. The molecular formula is C11H10Br2O3. The van der Waals surface area contributed by atoms with Crippen molar-refractivity contribution in [3.63, 3.8) is 0 Å². The van der Waals surface area contributed by atoms with Crippen LogP contribution in [-0.2, 0) is 9.53 Å². The molecule has 1 aromatic rings. The van der Waals surface area contributed by atoms with Crippen LogP contribution in [0.2, 0.25) is 0 Å². The van der Waals surface area contributed by atoms with Gasteiger partial charge in [-0.2, -0.15) is 0 Å². The fourth-order valence-electron chi connectivity index (χ4n) is 1.15. The minimum absolute atomic E-state index is 0.228. The second kappa shape index (κ2) is 6.15. The Bertz CT molecular complexity index is 416. The number of ether oxygens (including phenoxy) is 1. The van der Waals surface area contributed by atoms with Gasteiger partial charge in [-0.05, 0) is 25.1 Å². The molecule has 0 aliphatic heterocycles. The maximum absolute atomic E-state index is 11.7. The van der Waals surface area contributed by atoms with Gasteiger partial charge in [-0.1, -0.05) is 31.9 Å². The Kier molecular flexibility index (Phi) is 5.15. The molecule has 0 spiro atoms. The van der Waals surface area contributed by atoms with Gasteiger partial charge in [-0.15, -0.1) is 0 Å². The summed E-state index contributed by atoms with van der Waals surface area (Å²) in [7, 11) is 0. The fourth-order valence-corrected chi connectivity index (χ4v) is 2.42. The van der Waals surface area contributed by atoms with Gasteiger partial charge in [0.05, 0.1) is 6.61 Å². The number of esters is 1. The number of ketones is 1. The van der Waals surface area contributed by atoms with Crippen LogP contribution >= 0.6 is 31.9 Å². The number of rotatable bonds is 4. The van der Waals surface area contributed by atoms with E-state index in [-0.39, 0.29) is 18.8 Å². The van der Waals surface area contributed by atoms with Crippen molar-refractivity contribution in [2.24, 2.45) is 0 Å². The first-order chi connectivity index (χ1) is 7.54. The molecule has 0 fully saturated rings. The van der Waals surface area contributed by atoms with Crippen LogP contribution in [0.25, 0.3) is 0 Å². The van der Waals surface area contributed by atoms with Crippen LogP contribution in [0.3, 0.4) is 0 Å². The van der Waals surface area contributed by atoms with Gasteiger partial charge in [0.2, 0.25) is 0 Å². The van der Waals surface area contributed by atoms with Gasteiger partial charge < -0.3 is 4.74 Å². The van der Waals surface area contributed by atoms with Crippen molar-refractivity contribution in [3.05, 3.63) is 32.7 Å². The molecule has 0 saturated heterocycles. The largest absolute Gasteiger partial charge is 0.466 e. The van der Waals surface area contributed by atoms with Gasteiger partial charge in [-0.25, -0.2) is 0 Å². The van der Waals surface area contributed by atoms with E-state index >= 15 is 0 Å². The molecular weight excluding hydrogens is 340 g/mol. The minimum atomic E-state index is -0.498. The quantitative estimate of drug-likeness (QED) is 0.475. The number of hydrogen-bond donors (Lipinski definition) is 0. The summed E-state index contributed by atoms with van der Waals surface area (Å²) >= 11 is 6.56. The molecule has 16 heavy (non-hydrogen) atoms. The van der Waals surface area contributed by atoms with Crippen molar-refractivity contribution in [1.82, 2.24) is 0 Å². The summed E-state index contributed by atoms with van der Waals surface area (Å²) in [6.45, 7) is 1.99. The smallest absolute Gasteiger partial charge is 0.313 e. The second-order valence-corrected chi connectivity index (χ2v) is 4.80. The molecule has 0 amide bonds. The zero-order valence-electron chi connectivity index (χ0n) is 8.63. The summed E-state index contributed by atoms with van der Waals surface area (Å²) < 4.78 is 6.24. The van der Waals surface area contributed by atoms with Crippen LogP contribution in [0.1, 0.15) is 23.7 Å². The molecule has 1 aromatic carbocycles. The Morgan fingerprint density at radius 2 is 2.00 bits per heavy atom. The number of carbonyl (C=O) groups excluding carboxylic acids is 2. The lowest BCUT2D eigenvalue weighted by Gasteiger charge is -2.04. The van der Waals surface area contributed by atoms with E-state index in [1.54, 1.807) is 25.1 Å². The average Bonchev–Trinajstić information content (AvgIpc) is 2.17. The molecule has 0 aliphatic rings. The van der Waals surface area contributed by atoms with Crippen molar-refractivity contribution in [3.8, 4) is 0 Å². The lowest BCUT2D eigenvalue weighted by molar-refractivity contribution is -0.141. The zero-order chi connectivity index (χ0) is 12.1. The van der Waals surface area contributed by atoms with E-state index in [1.807, 2.05) is 0 Å². The third kappa shape index (κ3) is 3.72. The van der Waals surface area contributed by atoms with Gasteiger partial charge in [-0.3, -0.25) is 9.59 Å². The minimum Gasteiger partial charge on any atom is -0.466 e. The summed E-state index contributed by atoms with van der Waals surface area (Å²) in [5.74, 6) is -0.750. The first-order valence-corrected chi connectivity index (χ1v) is 6.27. The summed E-state index contributed by atoms with van der Waals surface area (Å²) in [4.78, 5) is 22.9. The number of Topliss-reactive ketones (excluding diaryl/α,β-unsaturated/α-hetero) is 1. The van der Waals surface area contributed by atoms with Crippen LogP contribution in [0, 0.1) is 0 Å². The summed E-state index contributed by atoms with van der Waals surface area (Å²) in [6, 6.07) is 5.18. The third-order valence-corrected chi connectivity index (χ3v) is 2.99. The lowest BCUT2D eigenvalue weighted by atomic mass is 10.1. The van der Waals surface area contributed by atoms with E-state index in [4.69, 9.17) is 4.74 Å². The van der Waals surface area contributed by atoms with Gasteiger partial charge in [0, 0.05) is 14.5 Å². The summed E-state index contributed by atoms with van der Waals surface area (Å²) in [5, 5.41) is 0. The Labute approximate surface area is 110 Å². The van der Waals surface area contributed by atoms with Crippen LogP contribution in [0.15, 0.2) is 27.1 Å². The highest BCUT2D eigenvalue weighted by atomic mass is 79.9. The summed E-state index contributed by atoms with van der Waals surface area (Å²) in [6.07, 6.45) is -0.228. The standard InChI is InChI=1S/C11H10Br2O3/c1-2-16-11(15)6-10(14)8-4-3-7(12)5-9(8)13/h3-5H,2,6H2,1H3. The topological polar surface area (TPSA) is 43.4 Å². The monoisotopic (exact) mass is 348 g/mol. The highest BCUT2D eigenvalue weighted by Crippen LogP contribution is 2.23. The van der Waals surface area contributed by atoms with Gasteiger partial charge >= 0.3 is 5.97 Å². The van der Waals surface area contributed by atoms with Crippen molar-refractivity contribution < 1.29 is 14.3 Å². The van der Waals surface area contributed by atoms with Crippen molar-refractivity contribution in [2.75, 3.05) is 6.61 Å². The van der Waals surface area contributed by atoms with E-state index in [9.17, 15) is 9.59 Å². The molecule has 0 saturated carbocycles. The number of benzene rings is 1. The molecule has 0 N–H and O–H groups in total. The van der Waals surface area contributed by atoms with E-state index in [2.05, 4.69) is 31.9 Å². The van der Waals surface area contributed by atoms with E-state index in [1.165, 1.54) is 0 Å². The highest BCUT2D eigenvalue weighted by molar-refractivity contribution is 9.11. The van der Waals surface area contributed by atoms with Gasteiger partial charge in [0.1, 0.15) is 6.42 Å². The van der Waals surface area contributed by atoms with Gasteiger partial charge in [0.15, 0.2) is 5.78 Å². The second-order valence-electron chi connectivity index (χ2n) is 3.03. The Balaban J connectivity index is 2.77. The average molecular weight is 350 g/mol. The molecule has 0 radical (unpaired) electrons. The number of hydrogen-bond acceptors (Lipinski definition) is 3. The Hall–Kier alpha value is -0.680. The van der Waals surface area contributed by atoms with Gasteiger partial charge in [0.25, 0.3) is 0 Å². The normalized spacial score (nSPS) is 9.94. The van der Waals surface area contributed by atoms with Crippen molar-refractivity contribution in [2.45, 2.75) is 13.3 Å². The fraction of sp³-hybridized carbons (Fsp3) is 0.273. The lowest BCUT2D eigenvalue weighted by Crippen LogP contribution is -2.11.